The number of nitrogens with zero attached hydrogens (tertiary/aromatic N) is 2. The van der Waals surface area contributed by atoms with Crippen LogP contribution in [0.4, 0.5) is 0 Å². The van der Waals surface area contributed by atoms with Gasteiger partial charge in [-0.25, -0.2) is 16.8 Å². The summed E-state index contributed by atoms with van der Waals surface area (Å²) in [4.78, 5) is 13.2. The van der Waals surface area contributed by atoms with E-state index in [4.69, 9.17) is 9.47 Å². The van der Waals surface area contributed by atoms with Crippen LogP contribution in [0.25, 0.3) is 0 Å². The number of nitrogens with one attached hydrogen (secondary N) is 1. The Labute approximate surface area is 225 Å². The Kier molecular flexibility index (Phi) is 8.96. The maximum Gasteiger partial charge on any atom is 0.246 e. The second-order valence-corrected chi connectivity index (χ2v) is 13.4. The standard InChI is InChI=1S/C26H35N3O7S2/c1-35-22-9-12-24(36-2)25(18-22)38(33,34)29-17-5-6-21(19-29)26(30)27-14-13-20-7-10-23(11-8-20)37(31,32)28-15-3-4-16-28/h7-12,18,21H,3-6,13-17,19H2,1-2H3,(H,27,30)/t21-/m1/s1. The van der Waals surface area contributed by atoms with E-state index >= 15 is 0 Å². The zero-order chi connectivity index (χ0) is 27.3. The monoisotopic (exact) mass is 565 g/mol. The summed E-state index contributed by atoms with van der Waals surface area (Å²) in [5.41, 5.74) is 0.906. The Morgan fingerprint density at radius 1 is 0.895 bits per heavy atom. The number of amides is 1. The molecule has 1 N–H and O–H groups in total. The van der Waals surface area contributed by atoms with Crippen LogP contribution < -0.4 is 14.8 Å². The molecule has 2 saturated heterocycles. The van der Waals surface area contributed by atoms with E-state index in [1.165, 1.54) is 28.9 Å². The van der Waals surface area contributed by atoms with Crippen LogP contribution in [-0.4, -0.2) is 78.3 Å². The topological polar surface area (TPSA) is 122 Å². The minimum absolute atomic E-state index is 0.00982. The van der Waals surface area contributed by atoms with Gasteiger partial charge in [0.1, 0.15) is 16.4 Å². The molecule has 2 aliphatic heterocycles. The van der Waals surface area contributed by atoms with Gasteiger partial charge in [-0.05, 0) is 61.9 Å². The molecular weight excluding hydrogens is 530 g/mol. The highest BCUT2D eigenvalue weighted by atomic mass is 32.2. The lowest BCUT2D eigenvalue weighted by Gasteiger charge is -2.31. The summed E-state index contributed by atoms with van der Waals surface area (Å²) in [6, 6.07) is 11.4. The maximum absolute atomic E-state index is 13.4. The zero-order valence-corrected chi connectivity index (χ0v) is 23.4. The van der Waals surface area contributed by atoms with Crippen molar-refractivity contribution in [3.63, 3.8) is 0 Å². The second-order valence-electron chi connectivity index (χ2n) is 9.52. The molecule has 0 radical (unpaired) electrons. The maximum atomic E-state index is 13.4. The SMILES string of the molecule is COc1ccc(OC)c(S(=O)(=O)N2CCC[C@@H](C(=O)NCCc3ccc(S(=O)(=O)N4CCCC4)cc3)C2)c1. The van der Waals surface area contributed by atoms with Crippen molar-refractivity contribution < 1.29 is 31.1 Å². The molecule has 12 heteroatoms. The Hall–Kier alpha value is -2.67. The molecule has 0 bridgehead atoms. The molecule has 1 atom stereocenters. The third-order valence-electron chi connectivity index (χ3n) is 7.08. The van der Waals surface area contributed by atoms with Crippen molar-refractivity contribution in [2.24, 2.45) is 5.92 Å². The lowest BCUT2D eigenvalue weighted by atomic mass is 9.99. The Morgan fingerprint density at radius 3 is 2.24 bits per heavy atom. The van der Waals surface area contributed by atoms with Crippen molar-refractivity contribution >= 4 is 26.0 Å². The summed E-state index contributed by atoms with van der Waals surface area (Å²) in [6.45, 7) is 1.88. The van der Waals surface area contributed by atoms with Crippen molar-refractivity contribution in [2.45, 2.75) is 41.9 Å². The highest BCUT2D eigenvalue weighted by Crippen LogP contribution is 2.32. The van der Waals surface area contributed by atoms with E-state index in [0.29, 0.717) is 51.2 Å². The highest BCUT2D eigenvalue weighted by Gasteiger charge is 2.35. The molecular formula is C26H35N3O7S2. The summed E-state index contributed by atoms with van der Waals surface area (Å²) in [7, 11) is -4.48. The highest BCUT2D eigenvalue weighted by molar-refractivity contribution is 7.89. The first-order chi connectivity index (χ1) is 18.2. The normalized spacial score (nSPS) is 19.3. The predicted molar refractivity (Wildman–Crippen MR) is 142 cm³/mol. The Balaban J connectivity index is 1.34. The number of piperidine rings is 1. The molecule has 208 valence electrons. The number of hydrogen-bond donors (Lipinski definition) is 1. The smallest absolute Gasteiger partial charge is 0.246 e. The number of hydrogen-bond acceptors (Lipinski definition) is 7. The third kappa shape index (κ3) is 6.14. The number of ether oxygens (including phenoxy) is 2. The van der Waals surface area contributed by atoms with Gasteiger partial charge in [0.15, 0.2) is 0 Å². The van der Waals surface area contributed by atoms with Gasteiger partial charge in [-0.3, -0.25) is 4.79 Å². The fourth-order valence-corrected chi connectivity index (χ4v) is 8.09. The molecule has 38 heavy (non-hydrogen) atoms. The first-order valence-electron chi connectivity index (χ1n) is 12.8. The van der Waals surface area contributed by atoms with Gasteiger partial charge in [0.2, 0.25) is 26.0 Å². The van der Waals surface area contributed by atoms with Crippen LogP contribution in [0.15, 0.2) is 52.3 Å². The number of sulfonamides is 2. The van der Waals surface area contributed by atoms with Crippen LogP contribution in [0.2, 0.25) is 0 Å². The fraction of sp³-hybridized carbons (Fsp3) is 0.500. The van der Waals surface area contributed by atoms with E-state index in [1.54, 1.807) is 36.4 Å². The van der Waals surface area contributed by atoms with Gasteiger partial charge < -0.3 is 14.8 Å². The van der Waals surface area contributed by atoms with Crippen molar-refractivity contribution in [3.05, 3.63) is 48.0 Å². The number of carbonyl (C=O) groups is 1. The number of rotatable bonds is 10. The van der Waals surface area contributed by atoms with Crippen LogP contribution in [0.5, 0.6) is 11.5 Å². The molecule has 10 nitrogen and oxygen atoms in total. The summed E-state index contributed by atoms with van der Waals surface area (Å²) in [5, 5.41) is 2.91. The van der Waals surface area contributed by atoms with E-state index in [2.05, 4.69) is 5.32 Å². The molecule has 0 unspecified atom stereocenters. The van der Waals surface area contributed by atoms with Crippen LogP contribution in [0, 0.1) is 5.92 Å². The molecule has 2 aromatic rings. The average Bonchev–Trinajstić information content (AvgIpc) is 3.49. The first-order valence-corrected chi connectivity index (χ1v) is 15.6. The molecule has 2 aromatic carbocycles. The molecule has 2 fully saturated rings. The van der Waals surface area contributed by atoms with Crippen molar-refractivity contribution in [3.8, 4) is 11.5 Å². The van der Waals surface area contributed by atoms with Crippen LogP contribution >= 0.6 is 0 Å². The van der Waals surface area contributed by atoms with Gasteiger partial charge >= 0.3 is 0 Å². The molecule has 4 rings (SSSR count). The Bertz CT molecular complexity index is 1340. The largest absolute Gasteiger partial charge is 0.497 e. The number of methoxy groups -OCH3 is 2. The molecule has 2 aliphatic rings. The zero-order valence-electron chi connectivity index (χ0n) is 21.8. The van der Waals surface area contributed by atoms with Crippen LogP contribution in [0.3, 0.4) is 0 Å². The quantitative estimate of drug-likeness (QED) is 0.469. The predicted octanol–water partition coefficient (Wildman–Crippen LogP) is 2.25. The van der Waals surface area contributed by atoms with E-state index in [0.717, 1.165) is 18.4 Å². The summed E-state index contributed by atoms with van der Waals surface area (Å²) < 4.78 is 65.5. The minimum Gasteiger partial charge on any atom is -0.497 e. The van der Waals surface area contributed by atoms with Gasteiger partial charge in [-0.15, -0.1) is 0 Å². The fourth-order valence-electron chi connectivity index (χ4n) is 4.88. The van der Waals surface area contributed by atoms with Crippen LogP contribution in [-0.2, 0) is 31.3 Å². The Morgan fingerprint density at radius 2 is 1.58 bits per heavy atom. The van der Waals surface area contributed by atoms with Gasteiger partial charge in [-0.2, -0.15) is 8.61 Å². The van der Waals surface area contributed by atoms with Gasteiger partial charge in [0, 0.05) is 38.8 Å². The lowest BCUT2D eigenvalue weighted by Crippen LogP contribution is -2.45. The first kappa shape index (κ1) is 28.3. The van der Waals surface area contributed by atoms with E-state index in [-0.39, 0.29) is 28.0 Å². The molecule has 0 saturated carbocycles. The van der Waals surface area contributed by atoms with Gasteiger partial charge in [0.25, 0.3) is 0 Å². The number of carbonyl (C=O) groups excluding carboxylic acids is 1. The molecule has 1 amide bonds. The summed E-state index contributed by atoms with van der Waals surface area (Å²) in [5.74, 6) is -0.0483. The molecule has 0 aliphatic carbocycles. The van der Waals surface area contributed by atoms with Crippen molar-refractivity contribution in [2.75, 3.05) is 46.9 Å². The van der Waals surface area contributed by atoms with Gasteiger partial charge in [0.05, 0.1) is 25.0 Å². The molecule has 0 aromatic heterocycles. The average molecular weight is 566 g/mol. The summed E-state index contributed by atoms with van der Waals surface area (Å²) >= 11 is 0. The van der Waals surface area contributed by atoms with E-state index < -0.39 is 26.0 Å². The van der Waals surface area contributed by atoms with E-state index in [1.807, 2.05) is 0 Å². The van der Waals surface area contributed by atoms with Crippen molar-refractivity contribution in [1.82, 2.24) is 13.9 Å². The van der Waals surface area contributed by atoms with E-state index in [9.17, 15) is 21.6 Å². The van der Waals surface area contributed by atoms with Crippen LogP contribution in [0.1, 0.15) is 31.2 Å². The lowest BCUT2D eigenvalue weighted by molar-refractivity contribution is -0.126. The van der Waals surface area contributed by atoms with Gasteiger partial charge in [-0.1, -0.05) is 12.1 Å². The summed E-state index contributed by atoms with van der Waals surface area (Å²) in [6.07, 6.45) is 3.46. The molecule has 0 spiro atoms. The minimum atomic E-state index is -3.89. The third-order valence-corrected chi connectivity index (χ3v) is 10.9. The molecule has 2 heterocycles. The second kappa shape index (κ2) is 12.0. The number of benzene rings is 2. The van der Waals surface area contributed by atoms with Crippen molar-refractivity contribution in [1.29, 1.82) is 0 Å².